The van der Waals surface area contributed by atoms with Gasteiger partial charge in [0, 0.05) is 12.1 Å². The van der Waals surface area contributed by atoms with E-state index in [9.17, 15) is 14.0 Å². The molecule has 2 amide bonds. The van der Waals surface area contributed by atoms with Gasteiger partial charge in [-0.3, -0.25) is 9.59 Å². The van der Waals surface area contributed by atoms with Crippen LogP contribution in [0.5, 0.6) is 0 Å². The minimum atomic E-state index is -0.422. The summed E-state index contributed by atoms with van der Waals surface area (Å²) in [5.41, 5.74) is 0.249. The maximum absolute atomic E-state index is 12.9. The lowest BCUT2D eigenvalue weighted by Gasteiger charge is -2.17. The van der Waals surface area contributed by atoms with Gasteiger partial charge in [0.2, 0.25) is 11.8 Å². The minimum Gasteiger partial charge on any atom is -0.347 e. The maximum Gasteiger partial charge on any atom is 0.243 e. The number of benzene rings is 1. The highest BCUT2D eigenvalue weighted by Crippen LogP contribution is 2.17. The van der Waals surface area contributed by atoms with Crippen molar-refractivity contribution in [2.75, 3.05) is 11.9 Å². The summed E-state index contributed by atoms with van der Waals surface area (Å²) in [4.78, 5) is 23.1. The van der Waals surface area contributed by atoms with E-state index in [2.05, 4.69) is 10.6 Å². The van der Waals surface area contributed by atoms with E-state index in [0.29, 0.717) is 12.1 Å². The van der Waals surface area contributed by atoms with E-state index >= 15 is 0 Å². The van der Waals surface area contributed by atoms with E-state index in [0.717, 1.165) is 0 Å². The molecule has 0 heterocycles. The first-order chi connectivity index (χ1) is 8.76. The highest BCUT2D eigenvalue weighted by atomic mass is 19.1. The van der Waals surface area contributed by atoms with Crippen molar-refractivity contribution in [3.8, 4) is 0 Å². The summed E-state index contributed by atoms with van der Waals surface area (Å²) >= 11 is 0. The predicted molar refractivity (Wildman–Crippen MR) is 72.1 cm³/mol. The third kappa shape index (κ3) is 6.55. The zero-order chi connectivity index (χ0) is 14.5. The predicted octanol–water partition coefficient (Wildman–Crippen LogP) is 2.32. The maximum atomic E-state index is 12.9. The third-order valence-corrected chi connectivity index (χ3v) is 2.25. The normalized spacial score (nSPS) is 10.9. The van der Waals surface area contributed by atoms with Crippen LogP contribution < -0.4 is 10.6 Å². The molecule has 0 spiro atoms. The van der Waals surface area contributed by atoms with Crippen molar-refractivity contribution >= 4 is 17.5 Å². The smallest absolute Gasteiger partial charge is 0.243 e. The number of carbonyl (C=O) groups is 2. The molecule has 5 heteroatoms. The van der Waals surface area contributed by atoms with E-state index < -0.39 is 5.82 Å². The standard InChI is InChI=1S/C14H19FN2O2/c1-14(2,3)8-12(18)16-9-13(19)17-11-6-4-5-10(15)7-11/h4-7H,8-9H2,1-3H3,(H,16,18)(H,17,19). The van der Waals surface area contributed by atoms with Gasteiger partial charge in [-0.25, -0.2) is 4.39 Å². The number of halogens is 1. The van der Waals surface area contributed by atoms with Crippen LogP contribution in [0.3, 0.4) is 0 Å². The van der Waals surface area contributed by atoms with Crippen LogP contribution in [0.1, 0.15) is 27.2 Å². The van der Waals surface area contributed by atoms with Crippen molar-refractivity contribution in [3.63, 3.8) is 0 Å². The lowest BCUT2D eigenvalue weighted by molar-refractivity contribution is -0.125. The molecule has 104 valence electrons. The van der Waals surface area contributed by atoms with Gasteiger partial charge in [0.1, 0.15) is 5.82 Å². The van der Waals surface area contributed by atoms with E-state index in [1.54, 1.807) is 6.07 Å². The fraction of sp³-hybridized carbons (Fsp3) is 0.429. The molecule has 0 aromatic heterocycles. The monoisotopic (exact) mass is 266 g/mol. The Morgan fingerprint density at radius 2 is 1.89 bits per heavy atom. The third-order valence-electron chi connectivity index (χ3n) is 2.25. The van der Waals surface area contributed by atoms with Crippen LogP contribution in [-0.2, 0) is 9.59 Å². The quantitative estimate of drug-likeness (QED) is 0.878. The second-order valence-electron chi connectivity index (χ2n) is 5.57. The fourth-order valence-corrected chi connectivity index (χ4v) is 1.49. The molecule has 0 aliphatic carbocycles. The van der Waals surface area contributed by atoms with E-state index in [1.807, 2.05) is 20.8 Å². The molecule has 0 atom stereocenters. The van der Waals surface area contributed by atoms with Gasteiger partial charge in [-0.15, -0.1) is 0 Å². The Balaban J connectivity index is 2.38. The van der Waals surface area contributed by atoms with Gasteiger partial charge >= 0.3 is 0 Å². The van der Waals surface area contributed by atoms with Crippen LogP contribution in [0.25, 0.3) is 0 Å². The molecule has 0 aliphatic heterocycles. The first kappa shape index (κ1) is 15.1. The largest absolute Gasteiger partial charge is 0.347 e. The van der Waals surface area contributed by atoms with Gasteiger partial charge < -0.3 is 10.6 Å². The van der Waals surface area contributed by atoms with Gasteiger partial charge in [0.25, 0.3) is 0 Å². The van der Waals surface area contributed by atoms with Crippen molar-refractivity contribution in [2.45, 2.75) is 27.2 Å². The van der Waals surface area contributed by atoms with E-state index in [-0.39, 0.29) is 23.8 Å². The number of amides is 2. The number of hydrogen-bond acceptors (Lipinski definition) is 2. The summed E-state index contributed by atoms with van der Waals surface area (Å²) in [7, 11) is 0. The zero-order valence-corrected chi connectivity index (χ0v) is 11.4. The first-order valence-electron chi connectivity index (χ1n) is 6.08. The van der Waals surface area contributed by atoms with Gasteiger partial charge in [0.15, 0.2) is 0 Å². The Morgan fingerprint density at radius 1 is 1.21 bits per heavy atom. The molecule has 1 aromatic rings. The van der Waals surface area contributed by atoms with Crippen molar-refractivity contribution in [2.24, 2.45) is 5.41 Å². The Bertz CT molecular complexity index is 467. The molecule has 0 saturated heterocycles. The molecule has 2 N–H and O–H groups in total. The van der Waals surface area contributed by atoms with Gasteiger partial charge in [-0.05, 0) is 23.6 Å². The van der Waals surface area contributed by atoms with Crippen molar-refractivity contribution in [1.29, 1.82) is 0 Å². The van der Waals surface area contributed by atoms with Gasteiger partial charge in [0.05, 0.1) is 6.54 Å². The average molecular weight is 266 g/mol. The average Bonchev–Trinajstić information content (AvgIpc) is 2.24. The Kier molecular flexibility index (Phi) is 5.03. The zero-order valence-electron chi connectivity index (χ0n) is 11.4. The number of carbonyl (C=O) groups excluding carboxylic acids is 2. The number of hydrogen-bond donors (Lipinski definition) is 2. The molecule has 0 unspecified atom stereocenters. The first-order valence-corrected chi connectivity index (χ1v) is 6.08. The molecule has 19 heavy (non-hydrogen) atoms. The topological polar surface area (TPSA) is 58.2 Å². The van der Waals surface area contributed by atoms with Crippen LogP contribution in [0.4, 0.5) is 10.1 Å². The molecule has 0 saturated carbocycles. The highest BCUT2D eigenvalue weighted by molar-refractivity contribution is 5.94. The van der Waals surface area contributed by atoms with Gasteiger partial charge in [-0.1, -0.05) is 26.8 Å². The van der Waals surface area contributed by atoms with Crippen molar-refractivity contribution < 1.29 is 14.0 Å². The van der Waals surface area contributed by atoms with Crippen LogP contribution >= 0.6 is 0 Å². The lowest BCUT2D eigenvalue weighted by atomic mass is 9.92. The summed E-state index contributed by atoms with van der Waals surface area (Å²) in [6.07, 6.45) is 0.347. The SMILES string of the molecule is CC(C)(C)CC(=O)NCC(=O)Nc1cccc(F)c1. The summed E-state index contributed by atoms with van der Waals surface area (Å²) in [5.74, 6) is -0.982. The number of nitrogens with one attached hydrogen (secondary N) is 2. The number of anilines is 1. The van der Waals surface area contributed by atoms with E-state index in [4.69, 9.17) is 0 Å². The minimum absolute atomic E-state index is 0.120. The Morgan fingerprint density at radius 3 is 2.47 bits per heavy atom. The van der Waals surface area contributed by atoms with Crippen LogP contribution in [0.15, 0.2) is 24.3 Å². The highest BCUT2D eigenvalue weighted by Gasteiger charge is 2.16. The van der Waals surface area contributed by atoms with Crippen molar-refractivity contribution in [1.82, 2.24) is 5.32 Å². The summed E-state index contributed by atoms with van der Waals surface area (Å²) in [5, 5.41) is 5.04. The van der Waals surface area contributed by atoms with Crippen LogP contribution in [0, 0.1) is 11.2 Å². The fourth-order valence-electron chi connectivity index (χ4n) is 1.49. The van der Waals surface area contributed by atoms with Crippen LogP contribution in [0.2, 0.25) is 0 Å². The Hall–Kier alpha value is -1.91. The molecule has 0 radical (unpaired) electrons. The van der Waals surface area contributed by atoms with E-state index in [1.165, 1.54) is 18.2 Å². The molecular weight excluding hydrogens is 247 g/mol. The summed E-state index contributed by atoms with van der Waals surface area (Å²) in [6.45, 7) is 5.71. The molecule has 0 fully saturated rings. The molecular formula is C14H19FN2O2. The molecule has 0 aliphatic rings. The van der Waals surface area contributed by atoms with Crippen LogP contribution in [-0.4, -0.2) is 18.4 Å². The summed E-state index contributed by atoms with van der Waals surface area (Å²) < 4.78 is 12.9. The number of rotatable bonds is 4. The van der Waals surface area contributed by atoms with Gasteiger partial charge in [-0.2, -0.15) is 0 Å². The molecule has 1 aromatic carbocycles. The molecule has 1 rings (SSSR count). The second kappa shape index (κ2) is 6.31. The molecule has 0 bridgehead atoms. The Labute approximate surface area is 112 Å². The van der Waals surface area contributed by atoms with Crippen molar-refractivity contribution in [3.05, 3.63) is 30.1 Å². The molecule has 4 nitrogen and oxygen atoms in total. The lowest BCUT2D eigenvalue weighted by Crippen LogP contribution is -2.34. The summed E-state index contributed by atoms with van der Waals surface area (Å²) in [6, 6.07) is 5.59. The second-order valence-corrected chi connectivity index (χ2v) is 5.57.